The molecule has 0 saturated carbocycles. The van der Waals surface area contributed by atoms with Crippen LogP contribution >= 0.6 is 11.6 Å². The molecule has 6 nitrogen and oxygen atoms in total. The van der Waals surface area contributed by atoms with Crippen molar-refractivity contribution in [2.45, 2.75) is 11.8 Å². The predicted molar refractivity (Wildman–Crippen MR) is 106 cm³/mol. The Kier molecular flexibility index (Phi) is 5.02. The lowest BCUT2D eigenvalue weighted by Gasteiger charge is -2.20. The first-order valence-corrected chi connectivity index (χ1v) is 10.1. The lowest BCUT2D eigenvalue weighted by molar-refractivity contribution is 0.597. The third-order valence-corrected chi connectivity index (χ3v) is 6.01. The van der Waals surface area contributed by atoms with Gasteiger partial charge in [-0.25, -0.2) is 18.4 Å². The second-order valence-corrected chi connectivity index (χ2v) is 8.70. The number of aromatic nitrogens is 2. The molecule has 0 amide bonds. The molecule has 0 aliphatic rings. The predicted octanol–water partition coefficient (Wildman–Crippen LogP) is 3.89. The highest BCUT2D eigenvalue weighted by molar-refractivity contribution is 7.91. The van der Waals surface area contributed by atoms with Crippen LogP contribution in [0, 0.1) is 0 Å². The first kappa shape index (κ1) is 18.4. The van der Waals surface area contributed by atoms with Crippen LogP contribution in [0.5, 0.6) is 0 Å². The average molecular weight is 391 g/mol. The molecule has 0 aliphatic carbocycles. The summed E-state index contributed by atoms with van der Waals surface area (Å²) in [5, 5.41) is 4.58. The molecule has 3 rings (SSSR count). The van der Waals surface area contributed by atoms with Crippen molar-refractivity contribution in [1.82, 2.24) is 9.97 Å². The van der Waals surface area contributed by atoms with E-state index in [0.29, 0.717) is 16.5 Å². The second-order valence-electron chi connectivity index (χ2n) is 5.99. The maximum atomic E-state index is 12.3. The fraction of sp³-hybridized carbons (Fsp3) is 0.222. The number of fused-ring (bicyclic) bond motifs is 1. The minimum absolute atomic E-state index is 0.0415. The number of rotatable bonds is 5. The van der Waals surface area contributed by atoms with Crippen molar-refractivity contribution in [3.8, 4) is 0 Å². The third kappa shape index (κ3) is 3.59. The largest absolute Gasteiger partial charge is 0.376 e. The Bertz CT molecular complexity index is 1070. The smallest absolute Gasteiger partial charge is 0.178 e. The summed E-state index contributed by atoms with van der Waals surface area (Å²) in [6.45, 7) is 1.63. The van der Waals surface area contributed by atoms with E-state index in [1.54, 1.807) is 37.3 Å². The normalized spacial score (nSPS) is 11.5. The zero-order valence-electron chi connectivity index (χ0n) is 14.7. The molecule has 8 heteroatoms. The molecule has 0 fully saturated rings. The molecule has 1 N–H and O–H groups in total. The van der Waals surface area contributed by atoms with E-state index in [4.69, 9.17) is 11.6 Å². The maximum absolute atomic E-state index is 12.3. The van der Waals surface area contributed by atoms with Crippen LogP contribution in [0.3, 0.4) is 0 Å². The summed E-state index contributed by atoms with van der Waals surface area (Å²) in [5.41, 5.74) is 2.23. The van der Waals surface area contributed by atoms with Crippen molar-refractivity contribution in [3.05, 3.63) is 47.7 Å². The molecule has 0 atom stereocenters. The molecular formula is C18H19ClN4O2S. The Morgan fingerprint density at radius 1 is 1.12 bits per heavy atom. The molecule has 0 saturated heterocycles. The molecular weight excluding hydrogens is 372 g/mol. The van der Waals surface area contributed by atoms with Crippen LogP contribution < -0.4 is 10.2 Å². The van der Waals surface area contributed by atoms with Gasteiger partial charge in [0.05, 0.1) is 27.5 Å². The lowest BCUT2D eigenvalue weighted by Crippen LogP contribution is -2.13. The Morgan fingerprint density at radius 2 is 1.88 bits per heavy atom. The molecule has 0 aliphatic heterocycles. The van der Waals surface area contributed by atoms with Gasteiger partial charge < -0.3 is 10.2 Å². The van der Waals surface area contributed by atoms with E-state index in [2.05, 4.69) is 15.3 Å². The molecule has 136 valence electrons. The molecule has 2 aromatic carbocycles. The Labute approximate surface area is 157 Å². The standard InChI is InChI=1S/C18H19ClN4O2S/c1-4-26(24,25)13-6-8-17(23(2)3)16(10-13)22-18-14-9-12(19)5-7-15(14)20-11-21-18/h5-11H,4H2,1-3H3,(H,20,21,22). The van der Waals surface area contributed by atoms with E-state index in [9.17, 15) is 8.42 Å². The van der Waals surface area contributed by atoms with E-state index >= 15 is 0 Å². The topological polar surface area (TPSA) is 75.2 Å². The number of hydrogen-bond donors (Lipinski definition) is 1. The Morgan fingerprint density at radius 3 is 2.58 bits per heavy atom. The van der Waals surface area contributed by atoms with Crippen molar-refractivity contribution in [2.24, 2.45) is 0 Å². The monoisotopic (exact) mass is 390 g/mol. The zero-order valence-corrected chi connectivity index (χ0v) is 16.3. The van der Waals surface area contributed by atoms with Gasteiger partial charge in [-0.3, -0.25) is 0 Å². The van der Waals surface area contributed by atoms with Crippen molar-refractivity contribution in [1.29, 1.82) is 0 Å². The number of nitrogens with zero attached hydrogens (tertiary/aromatic N) is 3. The third-order valence-electron chi connectivity index (χ3n) is 4.04. The summed E-state index contributed by atoms with van der Waals surface area (Å²) >= 11 is 6.11. The van der Waals surface area contributed by atoms with E-state index < -0.39 is 9.84 Å². The van der Waals surface area contributed by atoms with Gasteiger partial charge in [0.2, 0.25) is 0 Å². The average Bonchev–Trinajstić information content (AvgIpc) is 2.62. The van der Waals surface area contributed by atoms with Crippen molar-refractivity contribution >= 4 is 49.5 Å². The minimum Gasteiger partial charge on any atom is -0.376 e. The van der Waals surface area contributed by atoms with Crippen molar-refractivity contribution in [3.63, 3.8) is 0 Å². The lowest BCUT2D eigenvalue weighted by atomic mass is 10.2. The molecule has 0 radical (unpaired) electrons. The fourth-order valence-corrected chi connectivity index (χ4v) is 3.70. The van der Waals surface area contributed by atoms with Gasteiger partial charge in [-0.15, -0.1) is 0 Å². The number of halogens is 1. The number of anilines is 3. The first-order valence-electron chi connectivity index (χ1n) is 8.03. The summed E-state index contributed by atoms with van der Waals surface area (Å²) in [4.78, 5) is 10.7. The van der Waals surface area contributed by atoms with Crippen molar-refractivity contribution in [2.75, 3.05) is 30.1 Å². The van der Waals surface area contributed by atoms with Gasteiger partial charge >= 0.3 is 0 Å². The van der Waals surface area contributed by atoms with Crippen LogP contribution in [0.15, 0.2) is 47.6 Å². The van der Waals surface area contributed by atoms with Gasteiger partial charge in [0, 0.05) is 24.5 Å². The molecule has 1 aromatic heterocycles. The van der Waals surface area contributed by atoms with Gasteiger partial charge in [0.1, 0.15) is 12.1 Å². The van der Waals surface area contributed by atoms with Crippen LogP contribution in [-0.4, -0.2) is 38.2 Å². The van der Waals surface area contributed by atoms with Gasteiger partial charge in [-0.1, -0.05) is 18.5 Å². The van der Waals surface area contributed by atoms with Gasteiger partial charge in [0.25, 0.3) is 0 Å². The molecule has 0 spiro atoms. The molecule has 0 unspecified atom stereocenters. The van der Waals surface area contributed by atoms with Gasteiger partial charge in [-0.2, -0.15) is 0 Å². The first-order chi connectivity index (χ1) is 12.3. The molecule has 0 bridgehead atoms. The SMILES string of the molecule is CCS(=O)(=O)c1ccc(N(C)C)c(Nc2ncnc3ccc(Cl)cc23)c1. The fourth-order valence-electron chi connectivity index (χ4n) is 2.62. The van der Waals surface area contributed by atoms with E-state index in [1.807, 2.05) is 25.1 Å². The summed E-state index contributed by atoms with van der Waals surface area (Å²) in [7, 11) is 0.468. The number of nitrogens with one attached hydrogen (secondary N) is 1. The quantitative estimate of drug-likeness (QED) is 0.712. The molecule has 1 heterocycles. The highest BCUT2D eigenvalue weighted by Crippen LogP contribution is 2.32. The zero-order chi connectivity index (χ0) is 18.9. The molecule has 26 heavy (non-hydrogen) atoms. The number of sulfone groups is 1. The highest BCUT2D eigenvalue weighted by atomic mass is 35.5. The van der Waals surface area contributed by atoms with Crippen LogP contribution in [0.4, 0.5) is 17.2 Å². The van der Waals surface area contributed by atoms with Crippen LogP contribution in [0.2, 0.25) is 5.02 Å². The highest BCUT2D eigenvalue weighted by Gasteiger charge is 2.16. The van der Waals surface area contributed by atoms with Gasteiger partial charge in [0.15, 0.2) is 9.84 Å². The summed E-state index contributed by atoms with van der Waals surface area (Å²) < 4.78 is 24.5. The van der Waals surface area contributed by atoms with Crippen molar-refractivity contribution < 1.29 is 8.42 Å². The molecule has 3 aromatic rings. The minimum atomic E-state index is -3.32. The van der Waals surface area contributed by atoms with E-state index in [1.165, 1.54) is 6.33 Å². The van der Waals surface area contributed by atoms with Crippen LogP contribution in [0.1, 0.15) is 6.92 Å². The Balaban J connectivity index is 2.15. The van der Waals surface area contributed by atoms with Crippen LogP contribution in [-0.2, 0) is 9.84 Å². The van der Waals surface area contributed by atoms with E-state index in [0.717, 1.165) is 16.6 Å². The number of benzene rings is 2. The number of hydrogen-bond acceptors (Lipinski definition) is 6. The van der Waals surface area contributed by atoms with E-state index in [-0.39, 0.29) is 10.6 Å². The van der Waals surface area contributed by atoms with Gasteiger partial charge in [-0.05, 0) is 36.4 Å². The summed E-state index contributed by atoms with van der Waals surface area (Å²) in [6, 6.07) is 10.4. The second kappa shape index (κ2) is 7.09. The van der Waals surface area contributed by atoms with Crippen LogP contribution in [0.25, 0.3) is 10.9 Å². The summed E-state index contributed by atoms with van der Waals surface area (Å²) in [6.07, 6.45) is 1.46. The maximum Gasteiger partial charge on any atom is 0.178 e. The Hall–Kier alpha value is -2.38. The summed E-state index contributed by atoms with van der Waals surface area (Å²) in [5.74, 6) is 0.603.